The van der Waals surface area contributed by atoms with Crippen molar-refractivity contribution in [3.63, 3.8) is 0 Å². The van der Waals surface area contributed by atoms with Gasteiger partial charge in [0.1, 0.15) is 11.6 Å². The lowest BCUT2D eigenvalue weighted by Gasteiger charge is -2.24. The van der Waals surface area contributed by atoms with Gasteiger partial charge in [0.05, 0.1) is 6.10 Å². The molecule has 0 fully saturated rings. The standard InChI is InChI=1S/C9H19NO3/c1-6(12-5)7(10)8(11)13-9(2,3)4/h6-7H,10H2,1-5H3/t6-,7-/m0/s1. The van der Waals surface area contributed by atoms with Gasteiger partial charge < -0.3 is 15.2 Å². The van der Waals surface area contributed by atoms with Gasteiger partial charge in [-0.25, -0.2) is 0 Å². The Balaban J connectivity index is 4.12. The van der Waals surface area contributed by atoms with Crippen LogP contribution in [0.3, 0.4) is 0 Å². The van der Waals surface area contributed by atoms with Gasteiger partial charge in [0.2, 0.25) is 0 Å². The van der Waals surface area contributed by atoms with E-state index in [4.69, 9.17) is 15.2 Å². The summed E-state index contributed by atoms with van der Waals surface area (Å²) >= 11 is 0. The fourth-order valence-corrected chi connectivity index (χ4v) is 0.708. The van der Waals surface area contributed by atoms with Crippen LogP contribution < -0.4 is 5.73 Å². The summed E-state index contributed by atoms with van der Waals surface area (Å²) in [5.41, 5.74) is 5.08. The molecule has 0 aromatic rings. The highest BCUT2D eigenvalue weighted by Crippen LogP contribution is 2.09. The zero-order valence-electron chi connectivity index (χ0n) is 8.96. The first-order chi connectivity index (χ1) is 5.78. The van der Waals surface area contributed by atoms with Gasteiger partial charge in [-0.05, 0) is 27.7 Å². The number of hydrogen-bond donors (Lipinski definition) is 1. The molecule has 0 unspecified atom stereocenters. The van der Waals surface area contributed by atoms with E-state index in [1.807, 2.05) is 0 Å². The molecular formula is C9H19NO3. The van der Waals surface area contributed by atoms with Crippen molar-refractivity contribution >= 4 is 5.97 Å². The van der Waals surface area contributed by atoms with E-state index in [0.29, 0.717) is 0 Å². The second-order valence-corrected chi connectivity index (χ2v) is 4.00. The fourth-order valence-electron chi connectivity index (χ4n) is 0.708. The summed E-state index contributed by atoms with van der Waals surface area (Å²) in [6.07, 6.45) is -0.324. The summed E-state index contributed by atoms with van der Waals surface area (Å²) in [4.78, 5) is 11.3. The lowest BCUT2D eigenvalue weighted by molar-refractivity contribution is -0.159. The van der Waals surface area contributed by atoms with E-state index in [0.717, 1.165) is 0 Å². The Labute approximate surface area is 79.4 Å². The van der Waals surface area contributed by atoms with Crippen LogP contribution >= 0.6 is 0 Å². The second kappa shape index (κ2) is 4.58. The summed E-state index contributed by atoms with van der Waals surface area (Å²) in [6.45, 7) is 7.13. The number of hydrogen-bond acceptors (Lipinski definition) is 4. The maximum atomic E-state index is 11.3. The molecule has 2 N–H and O–H groups in total. The number of carbonyl (C=O) groups excluding carboxylic acids is 1. The molecule has 0 rings (SSSR count). The largest absolute Gasteiger partial charge is 0.459 e. The molecule has 0 saturated heterocycles. The number of rotatable bonds is 3. The molecule has 13 heavy (non-hydrogen) atoms. The quantitative estimate of drug-likeness (QED) is 0.663. The molecule has 0 aliphatic heterocycles. The fraction of sp³-hybridized carbons (Fsp3) is 0.889. The third kappa shape index (κ3) is 4.85. The maximum absolute atomic E-state index is 11.3. The summed E-state index contributed by atoms with van der Waals surface area (Å²) in [5, 5.41) is 0. The van der Waals surface area contributed by atoms with Crippen molar-refractivity contribution in [3.8, 4) is 0 Å². The van der Waals surface area contributed by atoms with Crippen LogP contribution in [0.5, 0.6) is 0 Å². The van der Waals surface area contributed by atoms with E-state index in [9.17, 15) is 4.79 Å². The Bertz CT molecular complexity index is 174. The number of esters is 1. The number of nitrogens with two attached hydrogens (primary N) is 1. The van der Waals surface area contributed by atoms with Crippen molar-refractivity contribution in [2.45, 2.75) is 45.4 Å². The zero-order valence-corrected chi connectivity index (χ0v) is 8.96. The van der Waals surface area contributed by atoms with Gasteiger partial charge in [-0.1, -0.05) is 0 Å². The van der Waals surface area contributed by atoms with Crippen molar-refractivity contribution in [3.05, 3.63) is 0 Å². The Hall–Kier alpha value is -0.610. The van der Waals surface area contributed by atoms with Crippen LogP contribution in [-0.4, -0.2) is 30.8 Å². The molecule has 0 aromatic heterocycles. The molecule has 0 bridgehead atoms. The highest BCUT2D eigenvalue weighted by atomic mass is 16.6. The van der Waals surface area contributed by atoms with Gasteiger partial charge in [-0.3, -0.25) is 4.79 Å². The van der Waals surface area contributed by atoms with E-state index >= 15 is 0 Å². The Morgan fingerprint density at radius 2 is 1.85 bits per heavy atom. The zero-order chi connectivity index (χ0) is 10.6. The van der Waals surface area contributed by atoms with Crippen molar-refractivity contribution in [1.82, 2.24) is 0 Å². The van der Waals surface area contributed by atoms with E-state index in [1.165, 1.54) is 7.11 Å². The second-order valence-electron chi connectivity index (χ2n) is 4.00. The topological polar surface area (TPSA) is 61.5 Å². The van der Waals surface area contributed by atoms with Crippen LogP contribution in [-0.2, 0) is 14.3 Å². The summed E-state index contributed by atoms with van der Waals surface area (Å²) in [5.74, 6) is -0.429. The maximum Gasteiger partial charge on any atom is 0.326 e. The van der Waals surface area contributed by atoms with E-state index in [-0.39, 0.29) is 6.10 Å². The molecule has 0 spiro atoms. The Kier molecular flexibility index (Phi) is 4.36. The molecular weight excluding hydrogens is 170 g/mol. The van der Waals surface area contributed by atoms with Crippen molar-refractivity contribution < 1.29 is 14.3 Å². The average molecular weight is 189 g/mol. The number of ether oxygens (including phenoxy) is 2. The first-order valence-electron chi connectivity index (χ1n) is 4.29. The van der Waals surface area contributed by atoms with Gasteiger partial charge in [0, 0.05) is 7.11 Å². The lowest BCUT2D eigenvalue weighted by Crippen LogP contribution is -2.44. The van der Waals surface area contributed by atoms with Gasteiger partial charge in [-0.2, -0.15) is 0 Å². The summed E-state index contributed by atoms with van der Waals surface area (Å²) in [7, 11) is 1.51. The molecule has 78 valence electrons. The van der Waals surface area contributed by atoms with Crippen LogP contribution in [0.15, 0.2) is 0 Å². The molecule has 0 aromatic carbocycles. The van der Waals surface area contributed by atoms with Crippen molar-refractivity contribution in [1.29, 1.82) is 0 Å². The molecule has 4 nitrogen and oxygen atoms in total. The molecule has 0 saturated carbocycles. The molecule has 0 aliphatic rings. The summed E-state index contributed by atoms with van der Waals surface area (Å²) in [6, 6.07) is -0.718. The molecule has 0 radical (unpaired) electrons. The van der Waals surface area contributed by atoms with E-state index in [1.54, 1.807) is 27.7 Å². The van der Waals surface area contributed by atoms with Crippen LogP contribution in [0.1, 0.15) is 27.7 Å². The minimum atomic E-state index is -0.718. The van der Waals surface area contributed by atoms with E-state index < -0.39 is 17.6 Å². The Morgan fingerprint density at radius 3 is 2.15 bits per heavy atom. The first kappa shape index (κ1) is 12.4. The van der Waals surface area contributed by atoms with Crippen LogP contribution in [0, 0.1) is 0 Å². The number of methoxy groups -OCH3 is 1. The monoisotopic (exact) mass is 189 g/mol. The third-order valence-corrected chi connectivity index (χ3v) is 1.56. The van der Waals surface area contributed by atoms with Gasteiger partial charge >= 0.3 is 5.97 Å². The van der Waals surface area contributed by atoms with E-state index in [2.05, 4.69) is 0 Å². The minimum Gasteiger partial charge on any atom is -0.459 e. The van der Waals surface area contributed by atoms with Crippen molar-refractivity contribution in [2.75, 3.05) is 7.11 Å². The molecule has 0 heterocycles. The highest BCUT2D eigenvalue weighted by molar-refractivity contribution is 5.76. The van der Waals surface area contributed by atoms with Crippen LogP contribution in [0.2, 0.25) is 0 Å². The van der Waals surface area contributed by atoms with Crippen LogP contribution in [0.25, 0.3) is 0 Å². The van der Waals surface area contributed by atoms with Gasteiger partial charge in [0.25, 0.3) is 0 Å². The first-order valence-corrected chi connectivity index (χ1v) is 4.29. The third-order valence-electron chi connectivity index (χ3n) is 1.56. The van der Waals surface area contributed by atoms with Crippen LogP contribution in [0.4, 0.5) is 0 Å². The molecule has 4 heteroatoms. The Morgan fingerprint density at radius 1 is 1.38 bits per heavy atom. The minimum absolute atomic E-state index is 0.324. The molecule has 0 amide bonds. The van der Waals surface area contributed by atoms with Gasteiger partial charge in [0.15, 0.2) is 0 Å². The SMILES string of the molecule is CO[C@@H](C)[C@H](N)C(=O)OC(C)(C)C. The molecule has 2 atom stereocenters. The normalized spacial score (nSPS) is 16.5. The molecule has 0 aliphatic carbocycles. The number of carbonyl (C=O) groups is 1. The van der Waals surface area contributed by atoms with Crippen molar-refractivity contribution in [2.24, 2.45) is 5.73 Å². The summed E-state index contributed by atoms with van der Waals surface area (Å²) < 4.78 is 10.0. The van der Waals surface area contributed by atoms with Gasteiger partial charge in [-0.15, -0.1) is 0 Å². The average Bonchev–Trinajstić information content (AvgIpc) is 1.98. The smallest absolute Gasteiger partial charge is 0.326 e. The predicted octanol–water partition coefficient (Wildman–Crippen LogP) is 0.690. The highest BCUT2D eigenvalue weighted by Gasteiger charge is 2.26. The predicted molar refractivity (Wildman–Crippen MR) is 50.3 cm³/mol. The lowest BCUT2D eigenvalue weighted by atomic mass is 10.1.